The molecule has 0 heterocycles. The van der Waals surface area contributed by atoms with Gasteiger partial charge < -0.3 is 20.3 Å². The van der Waals surface area contributed by atoms with Crippen LogP contribution in [-0.2, 0) is 9.47 Å². The third kappa shape index (κ3) is 3.49. The molecule has 0 aromatic heterocycles. The molecule has 12 heavy (non-hydrogen) atoms. The Morgan fingerprint density at radius 2 is 2.17 bits per heavy atom. The van der Waals surface area contributed by atoms with Gasteiger partial charge in [0.15, 0.2) is 0 Å². The second kappa shape index (κ2) is 6.37. The quantitative estimate of drug-likeness (QED) is 0.563. The van der Waals surface area contributed by atoms with Gasteiger partial charge in [-0.25, -0.2) is 0 Å². The summed E-state index contributed by atoms with van der Waals surface area (Å²) in [5, 5.41) is 8.58. The van der Waals surface area contributed by atoms with Crippen molar-refractivity contribution in [1.82, 2.24) is 0 Å². The van der Waals surface area contributed by atoms with E-state index in [2.05, 4.69) is 0 Å². The number of methoxy groups -OCH3 is 1. The average Bonchev–Trinajstić information content (AvgIpc) is 2.13. The van der Waals surface area contributed by atoms with Crippen molar-refractivity contribution in [3.05, 3.63) is 0 Å². The highest BCUT2D eigenvalue weighted by atomic mass is 16.5. The van der Waals surface area contributed by atoms with Crippen molar-refractivity contribution in [3.8, 4) is 0 Å². The smallest absolute Gasteiger partial charge is 0.103 e. The van der Waals surface area contributed by atoms with Crippen LogP contribution in [0.3, 0.4) is 0 Å². The minimum absolute atomic E-state index is 0.0193. The molecular weight excluding hydrogens is 158 g/mol. The predicted octanol–water partition coefficient (Wildman–Crippen LogP) is -0.251. The van der Waals surface area contributed by atoms with E-state index in [1.54, 1.807) is 7.11 Å². The van der Waals surface area contributed by atoms with E-state index in [4.69, 9.17) is 20.3 Å². The van der Waals surface area contributed by atoms with Crippen LogP contribution >= 0.6 is 0 Å². The predicted molar refractivity (Wildman–Crippen MR) is 47.0 cm³/mol. The van der Waals surface area contributed by atoms with Crippen molar-refractivity contribution in [3.63, 3.8) is 0 Å². The fourth-order valence-electron chi connectivity index (χ4n) is 1.03. The van der Waals surface area contributed by atoms with Crippen LogP contribution in [-0.4, -0.2) is 44.2 Å². The minimum atomic E-state index is -0.419. The zero-order valence-electron chi connectivity index (χ0n) is 7.88. The molecule has 0 amide bonds. The normalized spacial score (nSPS) is 16.0. The van der Waals surface area contributed by atoms with Gasteiger partial charge >= 0.3 is 0 Å². The van der Waals surface area contributed by atoms with Gasteiger partial charge in [0.1, 0.15) is 5.60 Å². The van der Waals surface area contributed by atoms with Gasteiger partial charge in [-0.15, -0.1) is 0 Å². The summed E-state index contributed by atoms with van der Waals surface area (Å²) >= 11 is 0. The maximum absolute atomic E-state index is 8.58. The fraction of sp³-hybridized carbons (Fsp3) is 1.00. The van der Waals surface area contributed by atoms with Crippen molar-refractivity contribution in [2.45, 2.75) is 18.9 Å². The number of nitrogens with two attached hydrogens (primary N) is 1. The summed E-state index contributed by atoms with van der Waals surface area (Å²) in [6.07, 6.45) is 0.789. The second-order valence-corrected chi connectivity index (χ2v) is 2.75. The van der Waals surface area contributed by atoms with E-state index < -0.39 is 5.60 Å². The molecule has 0 rings (SSSR count). The van der Waals surface area contributed by atoms with Gasteiger partial charge in [0.25, 0.3) is 0 Å². The largest absolute Gasteiger partial charge is 0.394 e. The Kier molecular flexibility index (Phi) is 6.28. The Morgan fingerprint density at radius 3 is 2.50 bits per heavy atom. The number of aliphatic hydroxyl groups excluding tert-OH is 1. The second-order valence-electron chi connectivity index (χ2n) is 2.75. The highest BCUT2D eigenvalue weighted by molar-refractivity contribution is 4.79. The van der Waals surface area contributed by atoms with Crippen LogP contribution in [0.2, 0.25) is 0 Å². The van der Waals surface area contributed by atoms with E-state index in [9.17, 15) is 0 Å². The van der Waals surface area contributed by atoms with Crippen LogP contribution in [0.15, 0.2) is 0 Å². The standard InChI is InChI=1S/C8H19NO3/c1-3-8(6-9,7-11-2)12-5-4-10/h10H,3-7,9H2,1-2H3. The molecule has 4 nitrogen and oxygen atoms in total. The molecule has 0 aliphatic carbocycles. The summed E-state index contributed by atoms with van der Waals surface area (Å²) in [6, 6.07) is 0. The molecule has 0 fully saturated rings. The van der Waals surface area contributed by atoms with Gasteiger partial charge in [-0.1, -0.05) is 6.92 Å². The summed E-state index contributed by atoms with van der Waals surface area (Å²) in [7, 11) is 1.61. The first-order valence-corrected chi connectivity index (χ1v) is 4.18. The van der Waals surface area contributed by atoms with Gasteiger partial charge in [0, 0.05) is 13.7 Å². The molecule has 0 aliphatic heterocycles. The van der Waals surface area contributed by atoms with Gasteiger partial charge in [-0.3, -0.25) is 0 Å². The first-order valence-electron chi connectivity index (χ1n) is 4.18. The van der Waals surface area contributed by atoms with Crippen LogP contribution in [0.5, 0.6) is 0 Å². The van der Waals surface area contributed by atoms with Gasteiger partial charge in [-0.2, -0.15) is 0 Å². The van der Waals surface area contributed by atoms with Crippen molar-refractivity contribution < 1.29 is 14.6 Å². The zero-order valence-corrected chi connectivity index (χ0v) is 7.88. The summed E-state index contributed by atoms with van der Waals surface area (Å²) in [5.41, 5.74) is 5.14. The lowest BCUT2D eigenvalue weighted by Gasteiger charge is -2.30. The average molecular weight is 177 g/mol. The molecule has 0 radical (unpaired) electrons. The topological polar surface area (TPSA) is 64.7 Å². The summed E-state index contributed by atoms with van der Waals surface area (Å²) < 4.78 is 10.4. The zero-order chi connectivity index (χ0) is 9.45. The third-order valence-electron chi connectivity index (χ3n) is 1.92. The highest BCUT2D eigenvalue weighted by Crippen LogP contribution is 2.14. The van der Waals surface area contributed by atoms with E-state index in [0.29, 0.717) is 19.8 Å². The summed E-state index contributed by atoms with van der Waals surface area (Å²) in [6.45, 7) is 3.21. The fourth-order valence-corrected chi connectivity index (χ4v) is 1.03. The van der Waals surface area contributed by atoms with Crippen LogP contribution in [0.1, 0.15) is 13.3 Å². The van der Waals surface area contributed by atoms with Crippen LogP contribution in [0.25, 0.3) is 0 Å². The molecule has 0 spiro atoms. The molecule has 0 aliphatic rings. The van der Waals surface area contributed by atoms with E-state index in [1.807, 2.05) is 6.92 Å². The van der Waals surface area contributed by atoms with Gasteiger partial charge in [-0.05, 0) is 6.42 Å². The molecule has 0 saturated carbocycles. The number of ether oxygens (including phenoxy) is 2. The number of hydrogen-bond acceptors (Lipinski definition) is 4. The van der Waals surface area contributed by atoms with Crippen molar-refractivity contribution >= 4 is 0 Å². The Labute approximate surface area is 73.7 Å². The minimum Gasteiger partial charge on any atom is -0.394 e. The van der Waals surface area contributed by atoms with Crippen LogP contribution in [0.4, 0.5) is 0 Å². The molecule has 74 valence electrons. The molecular formula is C8H19NO3. The molecule has 0 saturated heterocycles. The van der Waals surface area contributed by atoms with E-state index in [1.165, 1.54) is 0 Å². The maximum atomic E-state index is 8.58. The molecule has 0 bridgehead atoms. The molecule has 4 heteroatoms. The lowest BCUT2D eigenvalue weighted by atomic mass is 10.0. The van der Waals surface area contributed by atoms with E-state index in [0.717, 1.165) is 6.42 Å². The number of aliphatic hydroxyl groups is 1. The van der Waals surface area contributed by atoms with Gasteiger partial charge in [0.2, 0.25) is 0 Å². The van der Waals surface area contributed by atoms with E-state index >= 15 is 0 Å². The monoisotopic (exact) mass is 177 g/mol. The Balaban J connectivity index is 3.95. The molecule has 1 unspecified atom stereocenters. The third-order valence-corrected chi connectivity index (χ3v) is 1.92. The molecule has 0 aromatic rings. The van der Waals surface area contributed by atoms with Crippen LogP contribution < -0.4 is 5.73 Å². The Bertz CT molecular complexity index is 104. The van der Waals surface area contributed by atoms with Crippen molar-refractivity contribution in [2.75, 3.05) is 33.5 Å². The highest BCUT2D eigenvalue weighted by Gasteiger charge is 2.26. The molecule has 0 aromatic carbocycles. The Hall–Kier alpha value is -0.160. The lowest BCUT2D eigenvalue weighted by molar-refractivity contribution is -0.0933. The summed E-state index contributed by atoms with van der Waals surface area (Å²) in [5.74, 6) is 0. The SMILES string of the molecule is CCC(CN)(COC)OCCO. The van der Waals surface area contributed by atoms with Crippen molar-refractivity contribution in [2.24, 2.45) is 5.73 Å². The number of hydrogen-bond donors (Lipinski definition) is 2. The summed E-state index contributed by atoms with van der Waals surface area (Å²) in [4.78, 5) is 0. The van der Waals surface area contributed by atoms with E-state index in [-0.39, 0.29) is 6.61 Å². The first-order chi connectivity index (χ1) is 5.74. The number of rotatable bonds is 7. The maximum Gasteiger partial charge on any atom is 0.103 e. The van der Waals surface area contributed by atoms with Crippen LogP contribution in [0, 0.1) is 0 Å². The van der Waals surface area contributed by atoms with Crippen molar-refractivity contribution in [1.29, 1.82) is 0 Å². The lowest BCUT2D eigenvalue weighted by Crippen LogP contribution is -2.45. The molecule has 3 N–H and O–H groups in total. The molecule has 1 atom stereocenters. The first kappa shape index (κ1) is 11.8. The van der Waals surface area contributed by atoms with Gasteiger partial charge in [0.05, 0.1) is 19.8 Å². The Morgan fingerprint density at radius 1 is 1.50 bits per heavy atom.